The van der Waals surface area contributed by atoms with Crippen LogP contribution in [0.4, 0.5) is 11.5 Å². The molecule has 6 rings (SSSR count). The van der Waals surface area contributed by atoms with Gasteiger partial charge in [0.25, 0.3) is 0 Å². The van der Waals surface area contributed by atoms with Crippen LogP contribution in [0.2, 0.25) is 0 Å². The fourth-order valence-corrected chi connectivity index (χ4v) is 5.03. The quantitative estimate of drug-likeness (QED) is 0.380. The van der Waals surface area contributed by atoms with E-state index >= 15 is 0 Å². The van der Waals surface area contributed by atoms with Gasteiger partial charge in [-0.1, -0.05) is 42.2 Å². The molecule has 1 atom stereocenters. The molecule has 3 aromatic heterocycles. The molecule has 1 saturated heterocycles. The van der Waals surface area contributed by atoms with E-state index in [0.29, 0.717) is 6.04 Å². The van der Waals surface area contributed by atoms with Gasteiger partial charge >= 0.3 is 0 Å². The Labute approximate surface area is 195 Å². The van der Waals surface area contributed by atoms with E-state index in [1.54, 1.807) is 17.7 Å². The van der Waals surface area contributed by atoms with Crippen molar-refractivity contribution >= 4 is 44.0 Å². The Morgan fingerprint density at radius 3 is 2.94 bits per heavy atom. The number of nitrogens with one attached hydrogen (secondary N) is 2. The molecule has 2 aromatic carbocycles. The number of hydrogen-bond acceptors (Lipinski definition) is 6. The molecule has 0 spiro atoms. The van der Waals surface area contributed by atoms with Crippen LogP contribution in [0, 0.1) is 11.8 Å². The molecule has 0 amide bonds. The summed E-state index contributed by atoms with van der Waals surface area (Å²) in [6.07, 6.45) is 5.83. The van der Waals surface area contributed by atoms with Gasteiger partial charge in [-0.05, 0) is 49.2 Å². The van der Waals surface area contributed by atoms with Crippen molar-refractivity contribution in [3.8, 4) is 11.8 Å². The van der Waals surface area contributed by atoms with Gasteiger partial charge < -0.3 is 10.6 Å². The second kappa shape index (κ2) is 8.66. The van der Waals surface area contributed by atoms with Gasteiger partial charge in [0.2, 0.25) is 0 Å². The SMILES string of the molecule is C(#C[C@@H]1CCCN1)c1cc2c(Nc3ccc4c(cnn4Cc4ccccc4)c3)ncnc2s1. The third-order valence-corrected chi connectivity index (χ3v) is 6.80. The van der Waals surface area contributed by atoms with Crippen LogP contribution in [0.1, 0.15) is 23.3 Å². The average Bonchev–Trinajstić information content (AvgIpc) is 3.59. The van der Waals surface area contributed by atoms with E-state index in [2.05, 4.69) is 86.1 Å². The molecule has 0 bridgehead atoms. The van der Waals surface area contributed by atoms with Crippen LogP contribution in [-0.2, 0) is 6.54 Å². The first kappa shape index (κ1) is 19.9. The summed E-state index contributed by atoms with van der Waals surface area (Å²) < 4.78 is 2.03. The van der Waals surface area contributed by atoms with Gasteiger partial charge in [0.1, 0.15) is 17.0 Å². The van der Waals surface area contributed by atoms with Crippen LogP contribution < -0.4 is 10.6 Å². The van der Waals surface area contributed by atoms with Gasteiger partial charge in [0, 0.05) is 11.1 Å². The van der Waals surface area contributed by atoms with Crippen molar-refractivity contribution in [2.75, 3.05) is 11.9 Å². The summed E-state index contributed by atoms with van der Waals surface area (Å²) in [7, 11) is 0. The van der Waals surface area contributed by atoms with Crippen LogP contribution >= 0.6 is 11.3 Å². The van der Waals surface area contributed by atoms with Crippen LogP contribution in [0.15, 0.2) is 67.1 Å². The molecule has 0 unspecified atom stereocenters. The maximum absolute atomic E-state index is 4.59. The van der Waals surface area contributed by atoms with Gasteiger partial charge in [-0.3, -0.25) is 4.68 Å². The lowest BCUT2D eigenvalue weighted by Crippen LogP contribution is -2.18. The normalized spacial score (nSPS) is 15.6. The number of benzene rings is 2. The van der Waals surface area contributed by atoms with Gasteiger partial charge in [-0.25, -0.2) is 9.97 Å². The summed E-state index contributed by atoms with van der Waals surface area (Å²) in [6.45, 7) is 1.81. The average molecular weight is 451 g/mol. The highest BCUT2D eigenvalue weighted by molar-refractivity contribution is 7.19. The molecular formula is C26H22N6S. The maximum atomic E-state index is 4.59. The van der Waals surface area contributed by atoms with Gasteiger partial charge in [-0.2, -0.15) is 5.10 Å². The van der Waals surface area contributed by atoms with Crippen molar-refractivity contribution in [1.29, 1.82) is 0 Å². The Balaban J connectivity index is 1.26. The van der Waals surface area contributed by atoms with Crippen molar-refractivity contribution in [1.82, 2.24) is 25.1 Å². The van der Waals surface area contributed by atoms with E-state index in [1.807, 2.05) is 16.9 Å². The van der Waals surface area contributed by atoms with Crippen LogP contribution in [0.25, 0.3) is 21.1 Å². The first-order valence-corrected chi connectivity index (χ1v) is 11.9. The van der Waals surface area contributed by atoms with Gasteiger partial charge in [-0.15, -0.1) is 11.3 Å². The van der Waals surface area contributed by atoms with E-state index in [0.717, 1.165) is 57.0 Å². The number of anilines is 2. The maximum Gasteiger partial charge on any atom is 0.142 e. The lowest BCUT2D eigenvalue weighted by molar-refractivity contribution is 0.712. The molecule has 1 fully saturated rings. The topological polar surface area (TPSA) is 67.7 Å². The fraction of sp³-hybridized carbons (Fsp3) is 0.192. The monoisotopic (exact) mass is 450 g/mol. The summed E-state index contributed by atoms with van der Waals surface area (Å²) in [5.74, 6) is 7.44. The van der Waals surface area contributed by atoms with Crippen molar-refractivity contribution < 1.29 is 0 Å². The Hall–Kier alpha value is -3.73. The molecule has 6 nitrogen and oxygen atoms in total. The van der Waals surface area contributed by atoms with Crippen LogP contribution in [0.5, 0.6) is 0 Å². The molecule has 162 valence electrons. The molecule has 7 heteroatoms. The van der Waals surface area contributed by atoms with E-state index in [9.17, 15) is 0 Å². The Kier molecular flexibility index (Phi) is 5.23. The number of fused-ring (bicyclic) bond motifs is 2. The molecule has 1 aliphatic rings. The minimum absolute atomic E-state index is 0.299. The van der Waals surface area contributed by atoms with Gasteiger partial charge in [0.05, 0.1) is 34.6 Å². The van der Waals surface area contributed by atoms with Crippen LogP contribution in [0.3, 0.4) is 0 Å². The highest BCUT2D eigenvalue weighted by Gasteiger charge is 2.12. The first-order chi connectivity index (χ1) is 16.3. The van der Waals surface area contributed by atoms with Crippen molar-refractivity contribution in [2.45, 2.75) is 25.4 Å². The number of aromatic nitrogens is 4. The number of thiophene rings is 1. The number of hydrogen-bond donors (Lipinski definition) is 2. The zero-order chi connectivity index (χ0) is 22.0. The molecule has 0 saturated carbocycles. The predicted molar refractivity (Wildman–Crippen MR) is 134 cm³/mol. The fourth-order valence-electron chi connectivity index (χ4n) is 4.17. The molecule has 5 aromatic rings. The Morgan fingerprint density at radius 2 is 2.06 bits per heavy atom. The highest BCUT2D eigenvalue weighted by Crippen LogP contribution is 2.30. The molecule has 0 radical (unpaired) electrons. The molecule has 0 aliphatic carbocycles. The zero-order valence-corrected chi connectivity index (χ0v) is 18.8. The predicted octanol–water partition coefficient (Wildman–Crippen LogP) is 4.94. The van der Waals surface area contributed by atoms with E-state index in [-0.39, 0.29) is 0 Å². The van der Waals surface area contributed by atoms with Crippen molar-refractivity contribution in [3.63, 3.8) is 0 Å². The zero-order valence-electron chi connectivity index (χ0n) is 18.0. The van der Waals surface area contributed by atoms with Crippen molar-refractivity contribution in [3.05, 3.63) is 77.6 Å². The standard InChI is InChI=1S/C26H22N6S/c1-2-5-18(6-3-1)16-32-24-11-9-21(13-19(24)15-30-32)31-25-23-14-22(33-26(23)29-17-28-25)10-8-20-7-4-12-27-20/h1-3,5-6,9,11,13-15,17,20,27H,4,7,12,16H2,(H,28,29,31)/t20-/m0/s1. The molecular weight excluding hydrogens is 428 g/mol. The van der Waals surface area contributed by atoms with Gasteiger partial charge in [0.15, 0.2) is 0 Å². The lowest BCUT2D eigenvalue weighted by Gasteiger charge is -2.08. The molecule has 4 heterocycles. The smallest absolute Gasteiger partial charge is 0.142 e. The summed E-state index contributed by atoms with van der Waals surface area (Å²) in [5.41, 5.74) is 3.30. The van der Waals surface area contributed by atoms with E-state index in [4.69, 9.17) is 0 Å². The molecule has 1 aliphatic heterocycles. The third-order valence-electron chi connectivity index (χ3n) is 5.84. The summed E-state index contributed by atoms with van der Waals surface area (Å²) in [5, 5.41) is 13.6. The number of nitrogens with zero attached hydrogens (tertiary/aromatic N) is 4. The summed E-state index contributed by atoms with van der Waals surface area (Å²) >= 11 is 1.61. The second-order valence-electron chi connectivity index (χ2n) is 8.16. The number of rotatable bonds is 4. The molecule has 2 N–H and O–H groups in total. The Bertz CT molecular complexity index is 1490. The largest absolute Gasteiger partial charge is 0.340 e. The minimum Gasteiger partial charge on any atom is -0.340 e. The van der Waals surface area contributed by atoms with E-state index in [1.165, 1.54) is 12.0 Å². The summed E-state index contributed by atoms with van der Waals surface area (Å²) in [6, 6.07) is 19.0. The highest BCUT2D eigenvalue weighted by atomic mass is 32.1. The lowest BCUT2D eigenvalue weighted by atomic mass is 10.2. The third kappa shape index (κ3) is 4.19. The second-order valence-corrected chi connectivity index (χ2v) is 9.19. The minimum atomic E-state index is 0.299. The summed E-state index contributed by atoms with van der Waals surface area (Å²) in [4.78, 5) is 10.9. The van der Waals surface area contributed by atoms with E-state index < -0.39 is 0 Å². The van der Waals surface area contributed by atoms with Crippen molar-refractivity contribution in [2.24, 2.45) is 0 Å². The first-order valence-electron chi connectivity index (χ1n) is 11.1. The van der Waals surface area contributed by atoms with Crippen LogP contribution in [-0.4, -0.2) is 32.3 Å². The molecule has 33 heavy (non-hydrogen) atoms. The Morgan fingerprint density at radius 1 is 1.12 bits per heavy atom.